The molecule has 1 saturated heterocycles. The molecule has 0 saturated carbocycles. The van der Waals surface area contributed by atoms with Crippen LogP contribution in [-0.4, -0.2) is 42.7 Å². The number of aromatic nitrogens is 1. The molecule has 0 spiro atoms. The van der Waals surface area contributed by atoms with Crippen LogP contribution in [-0.2, 0) is 17.6 Å². The normalized spacial score (nSPS) is 20.5. The van der Waals surface area contributed by atoms with Gasteiger partial charge in [0.2, 0.25) is 0 Å². The molecular weight excluding hydrogens is 327 g/mol. The highest BCUT2D eigenvalue weighted by molar-refractivity contribution is 5.16. The topological polar surface area (TPSA) is 25.4 Å². The zero-order valence-electron chi connectivity index (χ0n) is 15.7. The van der Waals surface area contributed by atoms with Gasteiger partial charge in [-0.2, -0.15) is 0 Å². The number of benzene rings is 1. The number of nitrogens with zero attached hydrogens (tertiary/aromatic N) is 2. The van der Waals surface area contributed by atoms with Crippen LogP contribution in [0.15, 0.2) is 48.8 Å². The average molecular weight is 356 g/mol. The monoisotopic (exact) mass is 356 g/mol. The van der Waals surface area contributed by atoms with Gasteiger partial charge in [-0.05, 0) is 68.5 Å². The molecule has 3 rings (SSSR count). The number of halogens is 1. The highest BCUT2D eigenvalue weighted by atomic mass is 19.1. The van der Waals surface area contributed by atoms with Crippen LogP contribution in [0.1, 0.15) is 30.9 Å². The summed E-state index contributed by atoms with van der Waals surface area (Å²) >= 11 is 0. The Morgan fingerprint density at radius 2 is 2.00 bits per heavy atom. The molecule has 3 nitrogen and oxygen atoms in total. The van der Waals surface area contributed by atoms with Crippen molar-refractivity contribution in [2.75, 3.05) is 32.8 Å². The smallest absolute Gasteiger partial charge is 0.123 e. The highest BCUT2D eigenvalue weighted by Gasteiger charge is 2.37. The Kier molecular flexibility index (Phi) is 6.75. The van der Waals surface area contributed by atoms with Crippen molar-refractivity contribution in [3.63, 3.8) is 0 Å². The second-order valence-electron chi connectivity index (χ2n) is 7.40. The summed E-state index contributed by atoms with van der Waals surface area (Å²) in [5, 5.41) is 0. The fourth-order valence-electron chi connectivity index (χ4n) is 3.83. The van der Waals surface area contributed by atoms with E-state index >= 15 is 0 Å². The van der Waals surface area contributed by atoms with Gasteiger partial charge < -0.3 is 9.64 Å². The number of hydrogen-bond donors (Lipinski definition) is 0. The molecule has 1 aromatic heterocycles. The molecule has 1 unspecified atom stereocenters. The first-order valence-corrected chi connectivity index (χ1v) is 9.63. The quantitative estimate of drug-likeness (QED) is 0.676. The highest BCUT2D eigenvalue weighted by Crippen LogP contribution is 2.36. The van der Waals surface area contributed by atoms with Gasteiger partial charge in [0.05, 0.1) is 6.61 Å². The molecule has 1 atom stereocenters. The molecule has 1 fully saturated rings. The lowest BCUT2D eigenvalue weighted by atomic mass is 9.82. The van der Waals surface area contributed by atoms with Gasteiger partial charge in [0, 0.05) is 37.5 Å². The number of ether oxygens (including phenoxy) is 1. The largest absolute Gasteiger partial charge is 0.381 e. The maximum absolute atomic E-state index is 13.1. The molecule has 2 aromatic rings. The van der Waals surface area contributed by atoms with E-state index in [4.69, 9.17) is 4.74 Å². The number of hydrogen-bond acceptors (Lipinski definition) is 3. The van der Waals surface area contributed by atoms with Gasteiger partial charge in [-0.1, -0.05) is 18.2 Å². The maximum Gasteiger partial charge on any atom is 0.123 e. The summed E-state index contributed by atoms with van der Waals surface area (Å²) < 4.78 is 19.0. The fraction of sp³-hybridized carbons (Fsp3) is 0.500. The molecule has 1 aromatic carbocycles. The number of rotatable bonds is 9. The summed E-state index contributed by atoms with van der Waals surface area (Å²) in [6.45, 7) is 6.90. The third-order valence-corrected chi connectivity index (χ3v) is 5.43. The Balaban J connectivity index is 1.56. The third kappa shape index (κ3) is 5.36. The third-order valence-electron chi connectivity index (χ3n) is 5.43. The first-order valence-electron chi connectivity index (χ1n) is 9.63. The van der Waals surface area contributed by atoms with Crippen LogP contribution in [0.2, 0.25) is 0 Å². The van der Waals surface area contributed by atoms with Gasteiger partial charge in [-0.25, -0.2) is 4.39 Å². The van der Waals surface area contributed by atoms with E-state index in [0.717, 1.165) is 52.1 Å². The molecule has 140 valence electrons. The van der Waals surface area contributed by atoms with Crippen LogP contribution < -0.4 is 0 Å². The van der Waals surface area contributed by atoms with E-state index in [2.05, 4.69) is 22.9 Å². The first-order chi connectivity index (χ1) is 12.7. The Bertz CT molecular complexity index is 662. The lowest BCUT2D eigenvalue weighted by Crippen LogP contribution is -2.33. The zero-order chi connectivity index (χ0) is 18.2. The summed E-state index contributed by atoms with van der Waals surface area (Å²) in [6, 6.07) is 11.1. The van der Waals surface area contributed by atoms with Gasteiger partial charge in [0.1, 0.15) is 5.82 Å². The molecule has 0 N–H and O–H groups in total. The zero-order valence-corrected chi connectivity index (χ0v) is 15.7. The van der Waals surface area contributed by atoms with Crippen molar-refractivity contribution in [1.29, 1.82) is 0 Å². The lowest BCUT2D eigenvalue weighted by Gasteiger charge is -2.29. The van der Waals surface area contributed by atoms with Gasteiger partial charge in [0.25, 0.3) is 0 Å². The van der Waals surface area contributed by atoms with E-state index in [9.17, 15) is 4.39 Å². The van der Waals surface area contributed by atoms with Crippen LogP contribution in [0, 0.1) is 11.2 Å². The first kappa shape index (κ1) is 19.0. The molecule has 26 heavy (non-hydrogen) atoms. The van der Waals surface area contributed by atoms with E-state index in [0.29, 0.717) is 0 Å². The SMILES string of the molecule is CCOCC1(CCc2ccc(F)cc2)CCN(CCc2cccnc2)C1. The van der Waals surface area contributed by atoms with Gasteiger partial charge >= 0.3 is 0 Å². The van der Waals surface area contributed by atoms with Crippen molar-refractivity contribution in [1.82, 2.24) is 9.88 Å². The second kappa shape index (κ2) is 9.24. The average Bonchev–Trinajstić information content (AvgIpc) is 3.09. The van der Waals surface area contributed by atoms with Crippen molar-refractivity contribution < 1.29 is 9.13 Å². The van der Waals surface area contributed by atoms with Crippen LogP contribution in [0.25, 0.3) is 0 Å². The number of aryl methyl sites for hydroxylation is 1. The summed E-state index contributed by atoms with van der Waals surface area (Å²) in [5.74, 6) is -0.166. The summed E-state index contributed by atoms with van der Waals surface area (Å²) in [4.78, 5) is 6.76. The Morgan fingerprint density at radius 3 is 2.73 bits per heavy atom. The van der Waals surface area contributed by atoms with E-state index in [1.807, 2.05) is 30.6 Å². The van der Waals surface area contributed by atoms with E-state index in [1.165, 1.54) is 17.5 Å². The second-order valence-corrected chi connectivity index (χ2v) is 7.40. The summed E-state index contributed by atoms with van der Waals surface area (Å²) in [7, 11) is 0. The molecule has 4 heteroatoms. The van der Waals surface area contributed by atoms with Crippen LogP contribution in [0.5, 0.6) is 0 Å². The summed E-state index contributed by atoms with van der Waals surface area (Å²) in [5.41, 5.74) is 2.71. The molecule has 0 bridgehead atoms. The van der Waals surface area contributed by atoms with Crippen LogP contribution in [0.3, 0.4) is 0 Å². The van der Waals surface area contributed by atoms with E-state index in [-0.39, 0.29) is 11.2 Å². The predicted molar refractivity (Wildman–Crippen MR) is 103 cm³/mol. The standard InChI is InChI=1S/C22H29FN2O/c1-2-26-18-22(11-9-19-5-7-21(23)8-6-19)12-15-25(17-22)14-10-20-4-3-13-24-16-20/h3-8,13,16H,2,9-12,14-15,17-18H2,1H3. The van der Waals surface area contributed by atoms with Crippen molar-refractivity contribution in [3.8, 4) is 0 Å². The molecular formula is C22H29FN2O. The fourth-order valence-corrected chi connectivity index (χ4v) is 3.83. The maximum atomic E-state index is 13.1. The van der Waals surface area contributed by atoms with Crippen molar-refractivity contribution in [3.05, 3.63) is 65.7 Å². The summed E-state index contributed by atoms with van der Waals surface area (Å²) in [6.07, 6.45) is 8.05. The van der Waals surface area contributed by atoms with Gasteiger partial charge in [-0.3, -0.25) is 4.98 Å². The van der Waals surface area contributed by atoms with Gasteiger partial charge in [-0.15, -0.1) is 0 Å². The minimum Gasteiger partial charge on any atom is -0.381 e. The molecule has 0 aliphatic carbocycles. The molecule has 2 heterocycles. The van der Waals surface area contributed by atoms with Crippen LogP contribution in [0.4, 0.5) is 4.39 Å². The molecule has 1 aliphatic rings. The van der Waals surface area contributed by atoms with Crippen molar-refractivity contribution >= 4 is 0 Å². The van der Waals surface area contributed by atoms with Gasteiger partial charge in [0.15, 0.2) is 0 Å². The minimum absolute atomic E-state index is 0.166. The Labute approximate surface area is 156 Å². The predicted octanol–water partition coefficient (Wildman–Crippen LogP) is 4.12. The van der Waals surface area contributed by atoms with Crippen molar-refractivity contribution in [2.45, 2.75) is 32.6 Å². The number of pyridine rings is 1. The van der Waals surface area contributed by atoms with Crippen LogP contribution >= 0.6 is 0 Å². The van der Waals surface area contributed by atoms with E-state index < -0.39 is 0 Å². The lowest BCUT2D eigenvalue weighted by molar-refractivity contribution is 0.0495. The molecule has 1 aliphatic heterocycles. The van der Waals surface area contributed by atoms with Crippen molar-refractivity contribution in [2.24, 2.45) is 5.41 Å². The number of likely N-dealkylation sites (tertiary alicyclic amines) is 1. The molecule has 0 amide bonds. The van der Waals surface area contributed by atoms with E-state index in [1.54, 1.807) is 12.1 Å². The minimum atomic E-state index is -0.166. The Hall–Kier alpha value is -1.78. The molecule has 0 radical (unpaired) electrons. The Morgan fingerprint density at radius 1 is 1.15 bits per heavy atom.